The van der Waals surface area contributed by atoms with E-state index in [0.717, 1.165) is 4.52 Å². The van der Waals surface area contributed by atoms with E-state index in [-0.39, 0.29) is 16.8 Å². The highest BCUT2D eigenvalue weighted by Gasteiger charge is 2.19. The van der Waals surface area contributed by atoms with Crippen LogP contribution in [0.4, 0.5) is 0 Å². The Kier molecular flexibility index (Phi) is 3.93. The van der Waals surface area contributed by atoms with E-state index in [4.69, 9.17) is 5.11 Å². The second-order valence-electron chi connectivity index (χ2n) is 4.39. The van der Waals surface area contributed by atoms with E-state index in [1.165, 1.54) is 6.20 Å². The highest BCUT2D eigenvalue weighted by atomic mass is 16.4. The number of rotatable bonds is 2. The quantitative estimate of drug-likeness (QED) is 0.402. The summed E-state index contributed by atoms with van der Waals surface area (Å²) >= 11 is 0. The van der Waals surface area contributed by atoms with E-state index in [0.29, 0.717) is 17.7 Å². The first-order valence-corrected chi connectivity index (χ1v) is 6.30. The molecule has 2 aromatic rings. The van der Waals surface area contributed by atoms with Gasteiger partial charge in [0, 0.05) is 17.5 Å². The normalized spacial score (nSPS) is 10.5. The fourth-order valence-corrected chi connectivity index (χ4v) is 1.96. The Bertz CT molecular complexity index is 834. The van der Waals surface area contributed by atoms with E-state index in [1.54, 1.807) is 12.3 Å². The van der Waals surface area contributed by atoms with E-state index >= 15 is 0 Å². The number of carbonyl (C=O) groups is 3. The number of amides is 2. The van der Waals surface area contributed by atoms with Gasteiger partial charge in [-0.05, 0) is 13.3 Å². The highest BCUT2D eigenvalue weighted by Crippen LogP contribution is 2.09. The minimum Gasteiger partial charge on any atom is -0.474 e. The van der Waals surface area contributed by atoms with Crippen LogP contribution in [0.5, 0.6) is 0 Å². The van der Waals surface area contributed by atoms with Gasteiger partial charge < -0.3 is 5.11 Å². The van der Waals surface area contributed by atoms with Gasteiger partial charge in [0.2, 0.25) is 0 Å². The molecule has 0 aliphatic rings. The summed E-state index contributed by atoms with van der Waals surface area (Å²) in [4.78, 5) is 49.5. The Labute approximate surface area is 123 Å². The lowest BCUT2D eigenvalue weighted by atomic mass is 10.2. The lowest BCUT2D eigenvalue weighted by Crippen LogP contribution is -2.44. The number of nitrogens with one attached hydrogen (secondary N) is 3. The SMILES string of the molecule is CCc1c(C)nc2c(C(=O)NNC(=O)C(=O)O)c[nH]n2c1=O. The van der Waals surface area contributed by atoms with Crippen molar-refractivity contribution in [1.82, 2.24) is 25.4 Å². The van der Waals surface area contributed by atoms with Crippen molar-refractivity contribution < 1.29 is 19.5 Å². The Morgan fingerprint density at radius 2 is 2.05 bits per heavy atom. The first-order valence-electron chi connectivity index (χ1n) is 6.30. The summed E-state index contributed by atoms with van der Waals surface area (Å²) in [5, 5.41) is 11.0. The Hall–Kier alpha value is -3.17. The summed E-state index contributed by atoms with van der Waals surface area (Å²) in [6.45, 7) is 3.47. The molecule has 0 saturated heterocycles. The van der Waals surface area contributed by atoms with Crippen molar-refractivity contribution in [2.45, 2.75) is 20.3 Å². The zero-order valence-electron chi connectivity index (χ0n) is 11.8. The lowest BCUT2D eigenvalue weighted by Gasteiger charge is -2.05. The maximum absolute atomic E-state index is 12.2. The van der Waals surface area contributed by atoms with Crippen LogP contribution in [0.25, 0.3) is 5.65 Å². The van der Waals surface area contributed by atoms with Crippen LogP contribution in [0, 0.1) is 6.92 Å². The molecule has 0 aliphatic carbocycles. The van der Waals surface area contributed by atoms with Crippen LogP contribution >= 0.6 is 0 Å². The average Bonchev–Trinajstić information content (AvgIpc) is 2.88. The van der Waals surface area contributed by atoms with Crippen molar-refractivity contribution in [2.75, 3.05) is 0 Å². The molecule has 0 saturated carbocycles. The number of aromatic nitrogens is 3. The molecule has 10 heteroatoms. The zero-order chi connectivity index (χ0) is 16.4. The van der Waals surface area contributed by atoms with Crippen LogP contribution in [0.15, 0.2) is 11.0 Å². The molecule has 0 radical (unpaired) electrons. The number of aromatic amines is 1. The molecule has 0 aromatic carbocycles. The molecule has 0 bridgehead atoms. The van der Waals surface area contributed by atoms with E-state index in [1.807, 2.05) is 12.3 Å². The summed E-state index contributed by atoms with van der Waals surface area (Å²) in [6.07, 6.45) is 1.74. The van der Waals surface area contributed by atoms with E-state index < -0.39 is 17.8 Å². The number of aryl methyl sites for hydroxylation is 1. The van der Waals surface area contributed by atoms with Gasteiger partial charge in [-0.25, -0.2) is 14.3 Å². The van der Waals surface area contributed by atoms with Gasteiger partial charge in [-0.15, -0.1) is 0 Å². The number of fused-ring (bicyclic) bond motifs is 1. The van der Waals surface area contributed by atoms with Gasteiger partial charge in [-0.1, -0.05) is 6.92 Å². The number of aliphatic carboxylic acids is 1. The van der Waals surface area contributed by atoms with Gasteiger partial charge in [0.1, 0.15) is 5.56 Å². The van der Waals surface area contributed by atoms with Crippen molar-refractivity contribution in [3.63, 3.8) is 0 Å². The number of nitrogens with zero attached hydrogens (tertiary/aromatic N) is 2. The van der Waals surface area contributed by atoms with Crippen LogP contribution < -0.4 is 16.4 Å². The fourth-order valence-electron chi connectivity index (χ4n) is 1.96. The molecule has 2 aromatic heterocycles. The summed E-state index contributed by atoms with van der Waals surface area (Å²) in [5.74, 6) is -3.93. The first kappa shape index (κ1) is 15.2. The summed E-state index contributed by atoms with van der Waals surface area (Å²) < 4.78 is 1.11. The largest absolute Gasteiger partial charge is 0.474 e. The maximum Gasteiger partial charge on any atom is 0.396 e. The molecule has 2 heterocycles. The van der Waals surface area contributed by atoms with Gasteiger partial charge in [0.15, 0.2) is 5.65 Å². The molecule has 10 nitrogen and oxygen atoms in total. The van der Waals surface area contributed by atoms with E-state index in [2.05, 4.69) is 10.1 Å². The third-order valence-electron chi connectivity index (χ3n) is 3.04. The van der Waals surface area contributed by atoms with Crippen molar-refractivity contribution in [3.05, 3.63) is 33.4 Å². The van der Waals surface area contributed by atoms with Crippen LogP contribution in [-0.4, -0.2) is 37.5 Å². The third kappa shape index (κ3) is 2.53. The third-order valence-corrected chi connectivity index (χ3v) is 3.04. The molecular formula is C12H13N5O5. The molecule has 0 unspecified atom stereocenters. The van der Waals surface area contributed by atoms with Gasteiger partial charge >= 0.3 is 11.9 Å². The smallest absolute Gasteiger partial charge is 0.396 e. The summed E-state index contributed by atoms with van der Waals surface area (Å²) in [6, 6.07) is 0. The topological polar surface area (TPSA) is 146 Å². The number of hydrazine groups is 1. The molecule has 0 fully saturated rings. The Balaban J connectivity index is 2.37. The van der Waals surface area contributed by atoms with Crippen LogP contribution in [-0.2, 0) is 16.0 Å². The minimum atomic E-state index is -1.74. The Morgan fingerprint density at radius 1 is 1.36 bits per heavy atom. The van der Waals surface area contributed by atoms with Crippen molar-refractivity contribution >= 4 is 23.4 Å². The van der Waals surface area contributed by atoms with Gasteiger partial charge in [0.05, 0.1) is 0 Å². The van der Waals surface area contributed by atoms with Gasteiger partial charge in [-0.2, -0.15) is 0 Å². The average molecular weight is 307 g/mol. The molecule has 2 rings (SSSR count). The number of carbonyl (C=O) groups excluding carboxylic acids is 2. The second kappa shape index (κ2) is 5.68. The van der Waals surface area contributed by atoms with Gasteiger partial charge in [0.25, 0.3) is 11.5 Å². The van der Waals surface area contributed by atoms with Crippen molar-refractivity contribution in [2.24, 2.45) is 0 Å². The lowest BCUT2D eigenvalue weighted by molar-refractivity contribution is -0.150. The summed E-state index contributed by atoms with van der Waals surface area (Å²) in [7, 11) is 0. The highest BCUT2D eigenvalue weighted by molar-refractivity contribution is 6.31. The number of carboxylic acid groups (broad SMARTS) is 1. The zero-order valence-corrected chi connectivity index (χ0v) is 11.8. The molecule has 0 atom stereocenters. The molecule has 0 aliphatic heterocycles. The summed E-state index contributed by atoms with van der Waals surface area (Å²) in [5.41, 5.74) is 4.42. The maximum atomic E-state index is 12.2. The van der Waals surface area contributed by atoms with Gasteiger partial charge in [-0.3, -0.25) is 30.3 Å². The number of carboxylic acids is 1. The molecule has 4 N–H and O–H groups in total. The molecular weight excluding hydrogens is 294 g/mol. The number of hydrogen-bond acceptors (Lipinski definition) is 5. The van der Waals surface area contributed by atoms with Crippen molar-refractivity contribution in [3.8, 4) is 0 Å². The van der Waals surface area contributed by atoms with Crippen molar-refractivity contribution in [1.29, 1.82) is 0 Å². The molecule has 116 valence electrons. The first-order chi connectivity index (χ1) is 10.4. The van der Waals surface area contributed by atoms with Crippen LogP contribution in [0.3, 0.4) is 0 Å². The van der Waals surface area contributed by atoms with Crippen LogP contribution in [0.2, 0.25) is 0 Å². The predicted octanol–water partition coefficient (Wildman–Crippen LogP) is -1.26. The second-order valence-corrected chi connectivity index (χ2v) is 4.39. The fraction of sp³-hybridized carbons (Fsp3) is 0.250. The molecule has 2 amide bonds. The standard InChI is InChI=1S/C12H13N5O5/c1-3-6-5(2)14-8-7(4-13-17(8)11(6)20)9(18)15-16-10(19)12(21)22/h4,13H,3H2,1-2H3,(H,15,18)(H,16,19)(H,21,22). The number of hydrogen-bond donors (Lipinski definition) is 4. The monoisotopic (exact) mass is 307 g/mol. The minimum absolute atomic E-state index is 0.00598. The Morgan fingerprint density at radius 3 is 2.64 bits per heavy atom. The predicted molar refractivity (Wildman–Crippen MR) is 73.2 cm³/mol. The number of H-pyrrole nitrogens is 1. The molecule has 22 heavy (non-hydrogen) atoms. The van der Waals surface area contributed by atoms with E-state index in [9.17, 15) is 19.2 Å². The van der Waals surface area contributed by atoms with Crippen LogP contribution in [0.1, 0.15) is 28.5 Å². The molecule has 0 spiro atoms.